The van der Waals surface area contributed by atoms with Crippen molar-refractivity contribution in [3.05, 3.63) is 41.7 Å². The van der Waals surface area contributed by atoms with Gasteiger partial charge in [0.15, 0.2) is 5.69 Å². The fourth-order valence-electron chi connectivity index (χ4n) is 2.20. The molecule has 0 N–H and O–H groups in total. The van der Waals surface area contributed by atoms with E-state index in [4.69, 9.17) is 10.00 Å². The molecule has 5 heteroatoms. The third-order valence-corrected chi connectivity index (χ3v) is 3.45. The molecule has 0 bridgehead atoms. The highest BCUT2D eigenvalue weighted by Gasteiger charge is 2.28. The number of nitrogens with zero attached hydrogens (tertiary/aromatic N) is 3. The van der Waals surface area contributed by atoms with Gasteiger partial charge in [0.1, 0.15) is 0 Å². The number of benzene rings is 1. The molecule has 1 aliphatic rings. The first-order valence-electron chi connectivity index (χ1n) is 6.99. The molecule has 0 radical (unpaired) electrons. The van der Waals surface area contributed by atoms with Gasteiger partial charge in [0.05, 0.1) is 24.3 Å². The van der Waals surface area contributed by atoms with E-state index >= 15 is 0 Å². The zero-order valence-corrected chi connectivity index (χ0v) is 11.7. The predicted molar refractivity (Wildman–Crippen MR) is 76.6 cm³/mol. The Hall–Kier alpha value is -2.61. The summed E-state index contributed by atoms with van der Waals surface area (Å²) in [5.74, 6) is -0.406. The second-order valence-electron chi connectivity index (χ2n) is 5.01. The van der Waals surface area contributed by atoms with Crippen LogP contribution in [0.5, 0.6) is 0 Å². The highest BCUT2D eigenvalue weighted by molar-refractivity contribution is 5.95. The first-order valence-corrected chi connectivity index (χ1v) is 6.99. The van der Waals surface area contributed by atoms with Crippen LogP contribution in [0.1, 0.15) is 41.9 Å². The first kappa shape index (κ1) is 13.4. The van der Waals surface area contributed by atoms with Crippen LogP contribution in [0.2, 0.25) is 0 Å². The van der Waals surface area contributed by atoms with Crippen molar-refractivity contribution in [2.24, 2.45) is 0 Å². The lowest BCUT2D eigenvalue weighted by molar-refractivity contribution is 0.0519. The second kappa shape index (κ2) is 5.41. The van der Waals surface area contributed by atoms with Gasteiger partial charge in [-0.05, 0) is 37.5 Å². The van der Waals surface area contributed by atoms with Crippen molar-refractivity contribution >= 4 is 5.97 Å². The summed E-state index contributed by atoms with van der Waals surface area (Å²) < 4.78 is 6.93. The molecule has 106 valence electrons. The van der Waals surface area contributed by atoms with E-state index in [0.29, 0.717) is 23.9 Å². The summed E-state index contributed by atoms with van der Waals surface area (Å²) in [6.07, 6.45) is 4.08. The van der Waals surface area contributed by atoms with Crippen LogP contribution in [-0.2, 0) is 4.74 Å². The molecule has 1 aromatic heterocycles. The van der Waals surface area contributed by atoms with Gasteiger partial charge < -0.3 is 4.74 Å². The van der Waals surface area contributed by atoms with Gasteiger partial charge in [0, 0.05) is 11.8 Å². The van der Waals surface area contributed by atoms with Crippen molar-refractivity contribution < 1.29 is 9.53 Å². The lowest BCUT2D eigenvalue weighted by Gasteiger charge is -2.02. The molecule has 21 heavy (non-hydrogen) atoms. The third-order valence-electron chi connectivity index (χ3n) is 3.45. The zero-order chi connectivity index (χ0) is 14.8. The molecule has 1 fully saturated rings. The van der Waals surface area contributed by atoms with Gasteiger partial charge in [-0.25, -0.2) is 4.79 Å². The van der Waals surface area contributed by atoms with E-state index in [-0.39, 0.29) is 0 Å². The number of rotatable bonds is 4. The van der Waals surface area contributed by atoms with Crippen LogP contribution < -0.4 is 0 Å². The van der Waals surface area contributed by atoms with Gasteiger partial charge >= 0.3 is 5.97 Å². The molecule has 2 aromatic rings. The lowest BCUT2D eigenvalue weighted by atomic mass is 10.0. The molecule has 0 aliphatic heterocycles. The summed E-state index contributed by atoms with van der Waals surface area (Å²) in [4.78, 5) is 12.1. The second-order valence-corrected chi connectivity index (χ2v) is 5.01. The minimum atomic E-state index is -0.406. The van der Waals surface area contributed by atoms with E-state index in [2.05, 4.69) is 11.2 Å². The van der Waals surface area contributed by atoms with Crippen LogP contribution in [0.4, 0.5) is 0 Å². The van der Waals surface area contributed by atoms with E-state index in [1.54, 1.807) is 19.1 Å². The van der Waals surface area contributed by atoms with Crippen LogP contribution in [0.25, 0.3) is 11.1 Å². The molecule has 1 heterocycles. The minimum Gasteiger partial charge on any atom is -0.461 e. The predicted octanol–water partition coefficient (Wildman–Crippen LogP) is 2.93. The standard InChI is InChI=1S/C16H15N3O2/c1-2-21-16(20)15-14(10-19(18-15)13-7-8-13)12-5-3-11(9-17)4-6-12/h3-6,10,13H,2,7-8H2,1H3. The molecule has 0 spiro atoms. The molecule has 5 nitrogen and oxygen atoms in total. The smallest absolute Gasteiger partial charge is 0.359 e. The summed E-state index contributed by atoms with van der Waals surface area (Å²) in [6, 6.07) is 9.61. The van der Waals surface area contributed by atoms with Crippen molar-refractivity contribution in [1.82, 2.24) is 9.78 Å². The quantitative estimate of drug-likeness (QED) is 0.808. The van der Waals surface area contributed by atoms with Gasteiger partial charge in [-0.15, -0.1) is 0 Å². The number of esters is 1. The van der Waals surface area contributed by atoms with E-state index in [1.807, 2.05) is 23.0 Å². The maximum atomic E-state index is 12.1. The van der Waals surface area contributed by atoms with E-state index in [9.17, 15) is 4.79 Å². The van der Waals surface area contributed by atoms with E-state index in [1.165, 1.54) is 0 Å². The van der Waals surface area contributed by atoms with Crippen molar-refractivity contribution in [1.29, 1.82) is 5.26 Å². The topological polar surface area (TPSA) is 67.9 Å². The van der Waals surface area contributed by atoms with Gasteiger partial charge in [-0.2, -0.15) is 10.4 Å². The van der Waals surface area contributed by atoms with Crippen LogP contribution >= 0.6 is 0 Å². The molecular weight excluding hydrogens is 266 g/mol. The van der Waals surface area contributed by atoms with Crippen LogP contribution in [0.3, 0.4) is 0 Å². The van der Waals surface area contributed by atoms with Gasteiger partial charge in [0.25, 0.3) is 0 Å². The van der Waals surface area contributed by atoms with Crippen molar-refractivity contribution in [2.75, 3.05) is 6.61 Å². The third kappa shape index (κ3) is 2.65. The zero-order valence-electron chi connectivity index (χ0n) is 11.7. The number of ether oxygens (including phenoxy) is 1. The average Bonchev–Trinajstić information content (AvgIpc) is 3.26. The molecule has 1 aromatic carbocycles. The molecule has 3 rings (SSSR count). The van der Waals surface area contributed by atoms with Crippen molar-refractivity contribution in [3.63, 3.8) is 0 Å². The Morgan fingerprint density at radius 2 is 2.14 bits per heavy atom. The number of carbonyl (C=O) groups excluding carboxylic acids is 1. The minimum absolute atomic E-state index is 0.321. The highest BCUT2D eigenvalue weighted by Crippen LogP contribution is 2.36. The monoisotopic (exact) mass is 281 g/mol. The molecule has 0 saturated heterocycles. The Morgan fingerprint density at radius 3 is 2.71 bits per heavy atom. The summed E-state index contributed by atoms with van der Waals surface area (Å²) >= 11 is 0. The number of hydrogen-bond acceptors (Lipinski definition) is 4. The normalized spacial score (nSPS) is 13.7. The molecule has 0 atom stereocenters. The van der Waals surface area contributed by atoms with Gasteiger partial charge in [-0.3, -0.25) is 4.68 Å². The fraction of sp³-hybridized carbons (Fsp3) is 0.312. The van der Waals surface area contributed by atoms with E-state index in [0.717, 1.165) is 24.0 Å². The Morgan fingerprint density at radius 1 is 1.43 bits per heavy atom. The molecule has 1 saturated carbocycles. The van der Waals surface area contributed by atoms with Crippen LogP contribution in [-0.4, -0.2) is 22.4 Å². The Balaban J connectivity index is 2.02. The number of aromatic nitrogens is 2. The summed E-state index contributed by atoms with van der Waals surface area (Å²) in [7, 11) is 0. The molecular formula is C16H15N3O2. The largest absolute Gasteiger partial charge is 0.461 e. The SMILES string of the molecule is CCOC(=O)c1nn(C2CC2)cc1-c1ccc(C#N)cc1. The Bertz CT molecular complexity index is 706. The Kier molecular flexibility index (Phi) is 3.44. The lowest BCUT2D eigenvalue weighted by Crippen LogP contribution is -2.07. The highest BCUT2D eigenvalue weighted by atomic mass is 16.5. The summed E-state index contributed by atoms with van der Waals surface area (Å²) in [5.41, 5.74) is 2.55. The van der Waals surface area contributed by atoms with Crippen molar-refractivity contribution in [3.8, 4) is 17.2 Å². The van der Waals surface area contributed by atoms with Gasteiger partial charge in [-0.1, -0.05) is 12.1 Å². The molecule has 0 unspecified atom stereocenters. The summed E-state index contributed by atoms with van der Waals surface area (Å²) in [5, 5.41) is 13.2. The Labute approximate surface area is 122 Å². The molecule has 1 aliphatic carbocycles. The average molecular weight is 281 g/mol. The number of nitriles is 1. The fourth-order valence-corrected chi connectivity index (χ4v) is 2.20. The molecule has 0 amide bonds. The first-order chi connectivity index (χ1) is 10.2. The van der Waals surface area contributed by atoms with E-state index < -0.39 is 5.97 Å². The maximum absolute atomic E-state index is 12.1. The van der Waals surface area contributed by atoms with Crippen molar-refractivity contribution in [2.45, 2.75) is 25.8 Å². The van der Waals surface area contributed by atoms with Crippen LogP contribution in [0, 0.1) is 11.3 Å². The number of hydrogen-bond donors (Lipinski definition) is 0. The van der Waals surface area contributed by atoms with Gasteiger partial charge in [0.2, 0.25) is 0 Å². The number of carbonyl (C=O) groups is 1. The summed E-state index contributed by atoms with van der Waals surface area (Å²) in [6.45, 7) is 2.10. The van der Waals surface area contributed by atoms with Crippen LogP contribution in [0.15, 0.2) is 30.5 Å². The maximum Gasteiger partial charge on any atom is 0.359 e.